The number of carbonyl (C=O) groups is 1. The molecule has 1 heterocycles. The number of rotatable bonds is 3. The van der Waals surface area contributed by atoms with Crippen LogP contribution < -0.4 is 0 Å². The molecule has 0 amide bonds. The predicted octanol–water partition coefficient (Wildman–Crippen LogP) is 3.36. The molecular weight excluding hydrogens is 260 g/mol. The largest absolute Gasteiger partial charge is 0.294 e. The van der Waals surface area contributed by atoms with Crippen molar-refractivity contribution in [2.24, 2.45) is 13.0 Å². The van der Waals surface area contributed by atoms with Crippen LogP contribution in [0.3, 0.4) is 0 Å². The van der Waals surface area contributed by atoms with Gasteiger partial charge in [0, 0.05) is 24.2 Å². The van der Waals surface area contributed by atoms with Gasteiger partial charge in [-0.1, -0.05) is 31.2 Å². The van der Waals surface area contributed by atoms with Crippen LogP contribution in [0.25, 0.3) is 0 Å². The molecule has 0 spiro atoms. The third-order valence-electron chi connectivity index (χ3n) is 4.50. The number of aryl methyl sites for hydroxylation is 3. The smallest absolute Gasteiger partial charge is 0.166 e. The minimum atomic E-state index is 0.0914. The van der Waals surface area contributed by atoms with Crippen molar-refractivity contribution in [3.63, 3.8) is 0 Å². The van der Waals surface area contributed by atoms with Crippen molar-refractivity contribution in [1.29, 1.82) is 0 Å². The van der Waals surface area contributed by atoms with E-state index in [1.54, 1.807) is 0 Å². The topological polar surface area (TPSA) is 34.9 Å². The molecule has 0 fully saturated rings. The second kappa shape index (κ2) is 5.84. The summed E-state index contributed by atoms with van der Waals surface area (Å²) in [5.74, 6) is 0.399. The van der Waals surface area contributed by atoms with E-state index in [0.717, 1.165) is 43.4 Å². The van der Waals surface area contributed by atoms with Gasteiger partial charge >= 0.3 is 0 Å². The first kappa shape index (κ1) is 14.1. The maximum Gasteiger partial charge on any atom is 0.166 e. The number of hydrogen-bond acceptors (Lipinski definition) is 2. The number of fused-ring (bicyclic) bond motifs is 1. The highest BCUT2D eigenvalue weighted by Crippen LogP contribution is 2.27. The molecule has 1 aromatic carbocycles. The summed E-state index contributed by atoms with van der Waals surface area (Å²) in [5, 5.41) is 4.49. The van der Waals surface area contributed by atoms with E-state index < -0.39 is 0 Å². The second-order valence-corrected chi connectivity index (χ2v) is 5.92. The summed E-state index contributed by atoms with van der Waals surface area (Å²) in [7, 11) is 1.98. The van der Waals surface area contributed by atoms with Crippen LogP contribution in [0, 0.1) is 5.92 Å². The molecule has 0 saturated carbocycles. The Kier molecular flexibility index (Phi) is 3.91. The molecule has 3 nitrogen and oxygen atoms in total. The standard InChI is InChI=1S/C18H22N2O/c1-3-15-12-16(20(2)19-15)11-14-9-6-8-13-7-4-5-10-17(13)18(14)21/h4-5,7,10,12,14H,3,6,8-9,11H2,1-2H3. The van der Waals surface area contributed by atoms with E-state index in [4.69, 9.17) is 0 Å². The Bertz CT molecular complexity index is 657. The molecule has 110 valence electrons. The summed E-state index contributed by atoms with van der Waals surface area (Å²) < 4.78 is 1.93. The zero-order valence-electron chi connectivity index (χ0n) is 12.8. The first-order valence-electron chi connectivity index (χ1n) is 7.83. The summed E-state index contributed by atoms with van der Waals surface area (Å²) in [6.07, 6.45) is 4.82. The van der Waals surface area contributed by atoms with Crippen molar-refractivity contribution < 1.29 is 4.79 Å². The Morgan fingerprint density at radius 2 is 2.14 bits per heavy atom. The van der Waals surface area contributed by atoms with Gasteiger partial charge in [0.1, 0.15) is 0 Å². The molecule has 3 rings (SSSR count). The first-order chi connectivity index (χ1) is 10.2. The maximum atomic E-state index is 12.8. The molecule has 1 atom stereocenters. The summed E-state index contributed by atoms with van der Waals surface area (Å²) in [6.45, 7) is 2.11. The average molecular weight is 282 g/mol. The number of nitrogens with zero attached hydrogens (tertiary/aromatic N) is 2. The zero-order valence-corrected chi connectivity index (χ0v) is 12.8. The summed E-state index contributed by atoms with van der Waals surface area (Å²) >= 11 is 0. The lowest BCUT2D eigenvalue weighted by Crippen LogP contribution is -2.18. The normalized spacial score (nSPS) is 18.4. The van der Waals surface area contributed by atoms with E-state index in [-0.39, 0.29) is 5.92 Å². The zero-order chi connectivity index (χ0) is 14.8. The highest BCUT2D eigenvalue weighted by atomic mass is 16.1. The fourth-order valence-corrected chi connectivity index (χ4v) is 3.25. The van der Waals surface area contributed by atoms with Gasteiger partial charge in [-0.25, -0.2) is 0 Å². The number of carbonyl (C=O) groups excluding carboxylic acids is 1. The van der Waals surface area contributed by atoms with Crippen molar-refractivity contribution in [1.82, 2.24) is 9.78 Å². The number of aromatic nitrogens is 2. The van der Waals surface area contributed by atoms with Crippen molar-refractivity contribution in [2.45, 2.75) is 39.0 Å². The van der Waals surface area contributed by atoms with Gasteiger partial charge in [-0.15, -0.1) is 0 Å². The van der Waals surface area contributed by atoms with Crippen LogP contribution in [0.1, 0.15) is 47.1 Å². The van der Waals surface area contributed by atoms with E-state index in [1.165, 1.54) is 11.3 Å². The summed E-state index contributed by atoms with van der Waals surface area (Å²) in [4.78, 5) is 12.8. The van der Waals surface area contributed by atoms with Crippen LogP contribution >= 0.6 is 0 Å². The van der Waals surface area contributed by atoms with Crippen molar-refractivity contribution in [3.8, 4) is 0 Å². The Balaban J connectivity index is 1.85. The number of hydrogen-bond donors (Lipinski definition) is 0. The van der Waals surface area contributed by atoms with Crippen molar-refractivity contribution in [2.75, 3.05) is 0 Å². The molecule has 1 unspecified atom stereocenters. The van der Waals surface area contributed by atoms with Crippen molar-refractivity contribution >= 4 is 5.78 Å². The summed E-state index contributed by atoms with van der Waals surface area (Å²) in [6, 6.07) is 10.2. The molecular formula is C18H22N2O. The highest BCUT2D eigenvalue weighted by Gasteiger charge is 2.26. The highest BCUT2D eigenvalue weighted by molar-refractivity contribution is 5.99. The molecule has 0 bridgehead atoms. The minimum absolute atomic E-state index is 0.0914. The van der Waals surface area contributed by atoms with Gasteiger partial charge < -0.3 is 0 Å². The van der Waals surface area contributed by atoms with Gasteiger partial charge in [0.05, 0.1) is 5.69 Å². The fraction of sp³-hybridized carbons (Fsp3) is 0.444. The van der Waals surface area contributed by atoms with Crippen LogP contribution in [0.15, 0.2) is 30.3 Å². The Hall–Kier alpha value is -1.90. The Labute approximate surface area is 126 Å². The average Bonchev–Trinajstić information content (AvgIpc) is 2.78. The lowest BCUT2D eigenvalue weighted by Gasteiger charge is -2.13. The lowest BCUT2D eigenvalue weighted by molar-refractivity contribution is 0.0914. The number of Topliss-reactive ketones (excluding diaryl/α,β-unsaturated/α-hetero) is 1. The molecule has 0 radical (unpaired) electrons. The molecule has 3 heteroatoms. The van der Waals surface area contributed by atoms with Crippen LogP contribution in [-0.2, 0) is 26.3 Å². The van der Waals surface area contributed by atoms with Crippen LogP contribution in [-0.4, -0.2) is 15.6 Å². The number of benzene rings is 1. The molecule has 21 heavy (non-hydrogen) atoms. The summed E-state index contributed by atoms with van der Waals surface area (Å²) in [5.41, 5.74) is 4.42. The molecule has 1 aromatic heterocycles. The van der Waals surface area contributed by atoms with Gasteiger partial charge in [-0.2, -0.15) is 5.10 Å². The molecule has 0 saturated heterocycles. The third-order valence-corrected chi connectivity index (χ3v) is 4.50. The van der Waals surface area contributed by atoms with Gasteiger partial charge in [-0.05, 0) is 43.7 Å². The molecule has 2 aromatic rings. The van der Waals surface area contributed by atoms with Gasteiger partial charge in [0.15, 0.2) is 5.78 Å². The van der Waals surface area contributed by atoms with Crippen LogP contribution in [0.2, 0.25) is 0 Å². The van der Waals surface area contributed by atoms with E-state index in [2.05, 4.69) is 24.2 Å². The molecule has 0 aliphatic heterocycles. The monoisotopic (exact) mass is 282 g/mol. The number of ketones is 1. The van der Waals surface area contributed by atoms with Crippen LogP contribution in [0.5, 0.6) is 0 Å². The molecule has 0 N–H and O–H groups in total. The predicted molar refractivity (Wildman–Crippen MR) is 83.5 cm³/mol. The third kappa shape index (κ3) is 2.78. The van der Waals surface area contributed by atoms with Crippen LogP contribution in [0.4, 0.5) is 0 Å². The minimum Gasteiger partial charge on any atom is -0.294 e. The molecule has 1 aliphatic carbocycles. The molecule has 1 aliphatic rings. The lowest BCUT2D eigenvalue weighted by atomic mass is 9.91. The van der Waals surface area contributed by atoms with Crippen molar-refractivity contribution in [3.05, 3.63) is 52.8 Å². The fourth-order valence-electron chi connectivity index (χ4n) is 3.25. The quantitative estimate of drug-likeness (QED) is 0.809. The SMILES string of the molecule is CCc1cc(CC2CCCc3ccccc3C2=O)n(C)n1. The van der Waals surface area contributed by atoms with Gasteiger partial charge in [0.25, 0.3) is 0 Å². The second-order valence-electron chi connectivity index (χ2n) is 5.92. The van der Waals surface area contributed by atoms with E-state index in [1.807, 2.05) is 29.9 Å². The first-order valence-corrected chi connectivity index (χ1v) is 7.83. The Morgan fingerprint density at radius 3 is 2.90 bits per heavy atom. The van der Waals surface area contributed by atoms with E-state index >= 15 is 0 Å². The van der Waals surface area contributed by atoms with E-state index in [0.29, 0.717) is 5.78 Å². The van der Waals surface area contributed by atoms with E-state index in [9.17, 15) is 4.79 Å². The van der Waals surface area contributed by atoms with Gasteiger partial charge in [-0.3, -0.25) is 9.48 Å². The Morgan fingerprint density at radius 1 is 1.33 bits per heavy atom. The maximum absolute atomic E-state index is 12.8. The van der Waals surface area contributed by atoms with Gasteiger partial charge in [0.2, 0.25) is 0 Å².